The SMILES string of the molecule is COc1ccc2c(c1F)c(CC(=O)O)c(C)n2C(=O)c1ccc(OC(F)F)s1. The van der Waals surface area contributed by atoms with Gasteiger partial charge in [-0.1, -0.05) is 11.3 Å². The summed E-state index contributed by atoms with van der Waals surface area (Å²) in [4.78, 5) is 24.3. The molecule has 0 aliphatic carbocycles. The molecule has 0 atom stereocenters. The van der Waals surface area contributed by atoms with Gasteiger partial charge >= 0.3 is 12.6 Å². The highest BCUT2D eigenvalue weighted by Gasteiger charge is 2.26. The normalized spacial score (nSPS) is 11.2. The first kappa shape index (κ1) is 19.7. The molecule has 0 radical (unpaired) electrons. The molecule has 0 aliphatic heterocycles. The molecule has 28 heavy (non-hydrogen) atoms. The predicted octanol–water partition coefficient (Wildman–Crippen LogP) is 4.08. The van der Waals surface area contributed by atoms with Crippen LogP contribution in [0.3, 0.4) is 0 Å². The standard InChI is InChI=1S/C18H14F3NO5S/c1-8-9(7-13(23)24)15-10(3-4-11(26-2)16(15)19)22(8)17(25)12-5-6-14(28-12)27-18(20)21/h3-6,18H,7H2,1-2H3,(H,23,24). The molecular formula is C18H14F3NO5S. The lowest BCUT2D eigenvalue weighted by Crippen LogP contribution is -2.12. The van der Waals surface area contributed by atoms with Crippen LogP contribution in [0.4, 0.5) is 13.2 Å². The van der Waals surface area contributed by atoms with Crippen LogP contribution in [0.1, 0.15) is 20.9 Å². The highest BCUT2D eigenvalue weighted by Crippen LogP contribution is 2.35. The Bertz CT molecular complexity index is 1070. The van der Waals surface area contributed by atoms with Gasteiger partial charge in [-0.3, -0.25) is 14.2 Å². The Balaban J connectivity index is 2.19. The maximum Gasteiger partial charge on any atom is 0.388 e. The van der Waals surface area contributed by atoms with E-state index in [0.717, 1.165) is 4.57 Å². The van der Waals surface area contributed by atoms with E-state index in [-0.39, 0.29) is 37.9 Å². The average molecular weight is 413 g/mol. The number of ether oxygens (including phenoxy) is 2. The van der Waals surface area contributed by atoms with Crippen molar-refractivity contribution in [2.75, 3.05) is 7.11 Å². The van der Waals surface area contributed by atoms with Crippen LogP contribution >= 0.6 is 11.3 Å². The van der Waals surface area contributed by atoms with Crippen molar-refractivity contribution in [3.8, 4) is 10.8 Å². The van der Waals surface area contributed by atoms with Gasteiger partial charge in [0.2, 0.25) is 0 Å². The summed E-state index contributed by atoms with van der Waals surface area (Å²) in [6, 6.07) is 5.31. The Morgan fingerprint density at radius 2 is 1.96 bits per heavy atom. The lowest BCUT2D eigenvalue weighted by Gasteiger charge is -2.06. The van der Waals surface area contributed by atoms with Gasteiger partial charge in [0, 0.05) is 11.1 Å². The number of carboxylic acid groups (broad SMARTS) is 1. The second-order valence-corrected chi connectivity index (χ2v) is 6.79. The molecule has 0 aliphatic rings. The van der Waals surface area contributed by atoms with Gasteiger partial charge in [0.15, 0.2) is 16.6 Å². The molecule has 0 saturated carbocycles. The summed E-state index contributed by atoms with van der Waals surface area (Å²) in [5, 5.41) is 9.01. The number of alkyl halides is 2. The number of hydrogen-bond acceptors (Lipinski definition) is 5. The van der Waals surface area contributed by atoms with Crippen molar-refractivity contribution in [1.29, 1.82) is 0 Å². The molecule has 148 valence electrons. The van der Waals surface area contributed by atoms with E-state index in [1.807, 2.05) is 0 Å². The van der Waals surface area contributed by atoms with E-state index < -0.39 is 30.7 Å². The van der Waals surface area contributed by atoms with Gasteiger partial charge in [0.05, 0.1) is 23.9 Å². The van der Waals surface area contributed by atoms with E-state index in [1.165, 1.54) is 38.3 Å². The van der Waals surface area contributed by atoms with Crippen LogP contribution in [0.25, 0.3) is 10.9 Å². The molecule has 3 aromatic rings. The van der Waals surface area contributed by atoms with E-state index in [4.69, 9.17) is 4.74 Å². The second kappa shape index (κ2) is 7.55. The molecule has 0 saturated heterocycles. The second-order valence-electron chi connectivity index (χ2n) is 5.75. The van der Waals surface area contributed by atoms with Crippen molar-refractivity contribution >= 4 is 34.1 Å². The molecule has 0 bridgehead atoms. The van der Waals surface area contributed by atoms with E-state index in [9.17, 15) is 27.9 Å². The first-order valence-corrected chi connectivity index (χ1v) is 8.73. The summed E-state index contributed by atoms with van der Waals surface area (Å²) in [5.41, 5.74) is 0.522. The number of aromatic nitrogens is 1. The number of carbonyl (C=O) groups excluding carboxylic acids is 1. The summed E-state index contributed by atoms with van der Waals surface area (Å²) >= 11 is 0.709. The van der Waals surface area contributed by atoms with Crippen LogP contribution in [-0.2, 0) is 11.2 Å². The van der Waals surface area contributed by atoms with Gasteiger partial charge in [-0.2, -0.15) is 8.78 Å². The van der Waals surface area contributed by atoms with Crippen molar-refractivity contribution in [1.82, 2.24) is 4.57 Å². The quantitative estimate of drug-likeness (QED) is 0.659. The minimum Gasteiger partial charge on any atom is -0.494 e. The first-order chi connectivity index (χ1) is 13.2. The number of aliphatic carboxylic acids is 1. The molecule has 1 aromatic carbocycles. The van der Waals surface area contributed by atoms with Crippen LogP contribution in [0.5, 0.6) is 10.8 Å². The molecule has 10 heteroatoms. The summed E-state index contributed by atoms with van der Waals surface area (Å²) in [7, 11) is 1.27. The molecule has 0 fully saturated rings. The summed E-state index contributed by atoms with van der Waals surface area (Å²) < 4.78 is 49.9. The Hall–Kier alpha value is -3.01. The maximum atomic E-state index is 14.8. The molecule has 0 spiro atoms. The molecule has 2 aromatic heterocycles. The van der Waals surface area contributed by atoms with Crippen molar-refractivity contribution in [3.05, 3.63) is 46.2 Å². The van der Waals surface area contributed by atoms with Crippen molar-refractivity contribution in [3.63, 3.8) is 0 Å². The highest BCUT2D eigenvalue weighted by molar-refractivity contribution is 7.15. The Morgan fingerprint density at radius 1 is 1.25 bits per heavy atom. The predicted molar refractivity (Wildman–Crippen MR) is 95.2 cm³/mol. The third kappa shape index (κ3) is 3.42. The largest absolute Gasteiger partial charge is 0.494 e. The third-order valence-electron chi connectivity index (χ3n) is 4.15. The number of halogens is 3. The summed E-state index contributed by atoms with van der Waals surface area (Å²) in [6.07, 6.45) is -0.503. The fraction of sp³-hybridized carbons (Fsp3) is 0.222. The van der Waals surface area contributed by atoms with Crippen LogP contribution < -0.4 is 9.47 Å². The number of nitrogens with zero attached hydrogens (tertiary/aromatic N) is 1. The van der Waals surface area contributed by atoms with Crippen LogP contribution in [0, 0.1) is 12.7 Å². The Morgan fingerprint density at radius 3 is 2.57 bits per heavy atom. The number of methoxy groups -OCH3 is 1. The Labute approximate surface area is 160 Å². The lowest BCUT2D eigenvalue weighted by molar-refractivity contribution is -0.136. The minimum absolute atomic E-state index is 0.0341. The van der Waals surface area contributed by atoms with Crippen LogP contribution in [0.2, 0.25) is 0 Å². The molecule has 1 N–H and O–H groups in total. The van der Waals surface area contributed by atoms with Gasteiger partial charge < -0.3 is 14.6 Å². The van der Waals surface area contributed by atoms with Crippen molar-refractivity contribution in [2.45, 2.75) is 20.0 Å². The van der Waals surface area contributed by atoms with E-state index in [0.29, 0.717) is 11.3 Å². The van der Waals surface area contributed by atoms with E-state index in [2.05, 4.69) is 4.74 Å². The van der Waals surface area contributed by atoms with Crippen molar-refractivity contribution in [2.24, 2.45) is 0 Å². The van der Waals surface area contributed by atoms with Gasteiger partial charge in [0.25, 0.3) is 5.91 Å². The molecule has 6 nitrogen and oxygen atoms in total. The monoisotopic (exact) mass is 413 g/mol. The van der Waals surface area contributed by atoms with Crippen LogP contribution in [0.15, 0.2) is 24.3 Å². The topological polar surface area (TPSA) is 77.8 Å². The molecule has 3 rings (SSSR count). The fourth-order valence-corrected chi connectivity index (χ4v) is 3.79. The smallest absolute Gasteiger partial charge is 0.388 e. The molecule has 0 amide bonds. The Kier molecular flexibility index (Phi) is 5.32. The number of thiophene rings is 1. The number of carbonyl (C=O) groups is 2. The summed E-state index contributed by atoms with van der Waals surface area (Å²) in [6.45, 7) is -1.54. The number of hydrogen-bond donors (Lipinski definition) is 1. The van der Waals surface area contributed by atoms with Gasteiger partial charge in [0.1, 0.15) is 0 Å². The lowest BCUT2D eigenvalue weighted by atomic mass is 10.1. The molecule has 2 heterocycles. The zero-order chi connectivity index (χ0) is 20.6. The summed E-state index contributed by atoms with van der Waals surface area (Å²) in [5.74, 6) is -2.68. The number of rotatable bonds is 6. The fourth-order valence-electron chi connectivity index (χ4n) is 3.00. The average Bonchev–Trinajstić information content (AvgIpc) is 3.18. The van der Waals surface area contributed by atoms with Gasteiger partial charge in [-0.25, -0.2) is 4.39 Å². The number of fused-ring (bicyclic) bond motifs is 1. The highest BCUT2D eigenvalue weighted by atomic mass is 32.1. The third-order valence-corrected chi connectivity index (χ3v) is 5.11. The maximum absolute atomic E-state index is 14.8. The van der Waals surface area contributed by atoms with Gasteiger partial charge in [-0.05, 0) is 36.8 Å². The number of benzene rings is 1. The first-order valence-electron chi connectivity index (χ1n) is 7.92. The number of carboxylic acids is 1. The zero-order valence-electron chi connectivity index (χ0n) is 14.7. The molecule has 0 unspecified atom stereocenters. The van der Waals surface area contributed by atoms with E-state index >= 15 is 0 Å². The zero-order valence-corrected chi connectivity index (χ0v) is 15.5. The van der Waals surface area contributed by atoms with Crippen molar-refractivity contribution < 1.29 is 37.3 Å². The molecular weight excluding hydrogens is 399 g/mol. The van der Waals surface area contributed by atoms with E-state index in [1.54, 1.807) is 0 Å². The van der Waals surface area contributed by atoms with Gasteiger partial charge in [-0.15, -0.1) is 0 Å². The van der Waals surface area contributed by atoms with Crippen LogP contribution in [-0.4, -0.2) is 35.3 Å². The minimum atomic E-state index is -3.03.